The predicted molar refractivity (Wildman–Crippen MR) is 128 cm³/mol. The summed E-state index contributed by atoms with van der Waals surface area (Å²) in [5, 5.41) is 3.02. The van der Waals surface area contributed by atoms with Crippen molar-refractivity contribution in [3.8, 4) is 0 Å². The monoisotopic (exact) mass is 513 g/mol. The molecule has 0 spiro atoms. The van der Waals surface area contributed by atoms with Crippen molar-refractivity contribution in [3.05, 3.63) is 93.2 Å². The quantitative estimate of drug-likeness (QED) is 0.503. The molecule has 0 saturated heterocycles. The number of hydrogen-bond acceptors (Lipinski definition) is 3. The average molecular weight is 515 g/mol. The minimum absolute atomic E-state index is 0.0334. The van der Waals surface area contributed by atoms with Gasteiger partial charge in [-0.1, -0.05) is 57.9 Å². The van der Waals surface area contributed by atoms with Gasteiger partial charge in [-0.3, -0.25) is 14.6 Å². The second-order valence-corrected chi connectivity index (χ2v) is 8.63. The summed E-state index contributed by atoms with van der Waals surface area (Å²) in [5.41, 5.74) is 2.64. The first-order chi connectivity index (χ1) is 15.3. The van der Waals surface area contributed by atoms with E-state index in [1.54, 1.807) is 31.2 Å². The van der Waals surface area contributed by atoms with Crippen molar-refractivity contribution in [1.29, 1.82) is 0 Å². The molecule has 0 aromatic heterocycles. The summed E-state index contributed by atoms with van der Waals surface area (Å²) in [4.78, 5) is 32.0. The van der Waals surface area contributed by atoms with Gasteiger partial charge in [0.2, 0.25) is 5.91 Å². The largest absolute Gasteiger partial charge is 0.322 e. The van der Waals surface area contributed by atoms with Crippen LogP contribution in [0.15, 0.2) is 76.2 Å². The van der Waals surface area contributed by atoms with Gasteiger partial charge in [0.25, 0.3) is 5.91 Å². The first-order valence-electron chi connectivity index (χ1n) is 9.83. The predicted octanol–water partition coefficient (Wildman–Crippen LogP) is 5.45. The molecule has 3 aromatic carbocycles. The molecule has 0 radical (unpaired) electrons. The fourth-order valence-corrected chi connectivity index (χ4v) is 4.01. The van der Waals surface area contributed by atoms with E-state index in [0.29, 0.717) is 26.5 Å². The highest BCUT2D eigenvalue weighted by atomic mass is 79.9. The first kappa shape index (κ1) is 22.2. The molecular formula is C24H18BrClFN3O2. The van der Waals surface area contributed by atoms with Crippen LogP contribution in [0.4, 0.5) is 15.8 Å². The Bertz CT molecular complexity index is 1230. The molecule has 1 N–H and O–H groups in total. The molecule has 32 heavy (non-hydrogen) atoms. The van der Waals surface area contributed by atoms with Gasteiger partial charge in [-0.15, -0.1) is 0 Å². The van der Waals surface area contributed by atoms with E-state index in [0.717, 1.165) is 5.56 Å². The SMILES string of the molecule is CC1N=C(c2ccccc2)c2cc(Cl)ccc2N(CC(=O)Nc2ccc(Br)cc2F)C1=O. The van der Waals surface area contributed by atoms with Gasteiger partial charge in [0.05, 0.1) is 17.1 Å². The second-order valence-electron chi connectivity index (χ2n) is 7.28. The summed E-state index contributed by atoms with van der Waals surface area (Å²) in [7, 11) is 0. The normalized spacial score (nSPS) is 15.6. The van der Waals surface area contributed by atoms with Crippen LogP contribution in [0.5, 0.6) is 0 Å². The van der Waals surface area contributed by atoms with E-state index in [2.05, 4.69) is 26.2 Å². The molecule has 5 nitrogen and oxygen atoms in total. The molecule has 8 heteroatoms. The summed E-state index contributed by atoms with van der Waals surface area (Å²) in [6.45, 7) is 1.38. The average Bonchev–Trinajstić information content (AvgIpc) is 2.86. The molecule has 3 aromatic rings. The lowest BCUT2D eigenvalue weighted by Crippen LogP contribution is -2.42. The minimum Gasteiger partial charge on any atom is -0.322 e. The van der Waals surface area contributed by atoms with Crippen LogP contribution in [-0.4, -0.2) is 30.1 Å². The Labute approximate surface area is 198 Å². The number of aliphatic imine (C=N–C) groups is 1. The minimum atomic E-state index is -0.728. The number of amides is 2. The Morgan fingerprint density at radius 1 is 1.16 bits per heavy atom. The molecule has 1 atom stereocenters. The first-order valence-corrected chi connectivity index (χ1v) is 11.0. The van der Waals surface area contributed by atoms with Gasteiger partial charge in [-0.2, -0.15) is 0 Å². The molecule has 0 fully saturated rings. The molecule has 2 amide bonds. The Morgan fingerprint density at radius 3 is 2.62 bits per heavy atom. The van der Waals surface area contributed by atoms with E-state index in [-0.39, 0.29) is 18.1 Å². The summed E-state index contributed by atoms with van der Waals surface area (Å²) in [6.07, 6.45) is 0. The summed E-state index contributed by atoms with van der Waals surface area (Å²) in [6, 6.07) is 18.2. The zero-order valence-corrected chi connectivity index (χ0v) is 19.3. The van der Waals surface area contributed by atoms with Crippen LogP contribution in [0.25, 0.3) is 0 Å². The third kappa shape index (κ3) is 4.59. The number of carbonyl (C=O) groups is 2. The molecule has 1 aliphatic heterocycles. The number of hydrogen-bond donors (Lipinski definition) is 1. The molecule has 1 aliphatic rings. The maximum atomic E-state index is 14.2. The maximum absolute atomic E-state index is 14.2. The number of benzene rings is 3. The van der Waals surface area contributed by atoms with Gasteiger partial charge in [0.15, 0.2) is 0 Å². The van der Waals surface area contributed by atoms with Gasteiger partial charge >= 0.3 is 0 Å². The van der Waals surface area contributed by atoms with Crippen LogP contribution in [0.1, 0.15) is 18.1 Å². The highest BCUT2D eigenvalue weighted by Crippen LogP contribution is 2.31. The van der Waals surface area contributed by atoms with E-state index in [4.69, 9.17) is 11.6 Å². The molecule has 1 unspecified atom stereocenters. The smallest absolute Gasteiger partial charge is 0.252 e. The molecule has 0 bridgehead atoms. The topological polar surface area (TPSA) is 61.8 Å². The van der Waals surface area contributed by atoms with E-state index < -0.39 is 17.8 Å². The number of carbonyl (C=O) groups excluding carboxylic acids is 2. The molecule has 162 valence electrons. The fourth-order valence-electron chi connectivity index (χ4n) is 3.51. The lowest BCUT2D eigenvalue weighted by atomic mass is 10.00. The van der Waals surface area contributed by atoms with Crippen LogP contribution >= 0.6 is 27.5 Å². The number of rotatable bonds is 4. The van der Waals surface area contributed by atoms with Crippen molar-refractivity contribution in [3.63, 3.8) is 0 Å². The highest BCUT2D eigenvalue weighted by Gasteiger charge is 2.31. The van der Waals surface area contributed by atoms with E-state index >= 15 is 0 Å². The van der Waals surface area contributed by atoms with Crippen LogP contribution in [-0.2, 0) is 9.59 Å². The standard InChI is InChI=1S/C24H18BrClFN3O2/c1-14-24(32)30(13-22(31)29-20-9-7-16(25)11-19(20)27)21-10-8-17(26)12-18(21)23(28-14)15-5-3-2-4-6-15/h2-12,14H,13H2,1H3,(H,29,31). The second kappa shape index (κ2) is 9.22. The van der Waals surface area contributed by atoms with Crippen molar-refractivity contribution in [2.75, 3.05) is 16.8 Å². The van der Waals surface area contributed by atoms with Crippen LogP contribution in [0, 0.1) is 5.82 Å². The van der Waals surface area contributed by atoms with E-state index in [9.17, 15) is 14.0 Å². The van der Waals surface area contributed by atoms with Gasteiger partial charge in [0.1, 0.15) is 18.4 Å². The van der Waals surface area contributed by atoms with Gasteiger partial charge in [0, 0.05) is 20.6 Å². The third-order valence-electron chi connectivity index (χ3n) is 5.00. The molecule has 1 heterocycles. The van der Waals surface area contributed by atoms with E-state index in [1.165, 1.54) is 17.0 Å². The zero-order valence-electron chi connectivity index (χ0n) is 17.0. The molecule has 0 aliphatic carbocycles. The van der Waals surface area contributed by atoms with Crippen LogP contribution in [0.3, 0.4) is 0 Å². The Morgan fingerprint density at radius 2 is 1.91 bits per heavy atom. The molecule has 0 saturated carbocycles. The number of halogens is 3. The lowest BCUT2D eigenvalue weighted by molar-refractivity contribution is -0.122. The Hall–Kier alpha value is -3.03. The summed E-state index contributed by atoms with van der Waals surface area (Å²) >= 11 is 9.45. The van der Waals surface area contributed by atoms with Crippen molar-refractivity contribution >= 4 is 56.4 Å². The van der Waals surface area contributed by atoms with Crippen molar-refractivity contribution in [2.45, 2.75) is 13.0 Å². The number of nitrogens with one attached hydrogen (secondary N) is 1. The van der Waals surface area contributed by atoms with Crippen LogP contribution in [0.2, 0.25) is 5.02 Å². The third-order valence-corrected chi connectivity index (χ3v) is 5.73. The lowest BCUT2D eigenvalue weighted by Gasteiger charge is -2.24. The van der Waals surface area contributed by atoms with Crippen LogP contribution < -0.4 is 10.2 Å². The van der Waals surface area contributed by atoms with Gasteiger partial charge in [-0.05, 0) is 43.3 Å². The Kier molecular flexibility index (Phi) is 6.39. The van der Waals surface area contributed by atoms with Gasteiger partial charge in [-0.25, -0.2) is 4.39 Å². The highest BCUT2D eigenvalue weighted by molar-refractivity contribution is 9.10. The van der Waals surface area contributed by atoms with Crippen molar-refractivity contribution < 1.29 is 14.0 Å². The zero-order chi connectivity index (χ0) is 22.8. The summed E-state index contributed by atoms with van der Waals surface area (Å²) in [5.74, 6) is -1.45. The van der Waals surface area contributed by atoms with Crippen molar-refractivity contribution in [2.24, 2.45) is 4.99 Å². The Balaban J connectivity index is 1.71. The number of fused-ring (bicyclic) bond motifs is 1. The molecule has 4 rings (SSSR count). The maximum Gasteiger partial charge on any atom is 0.252 e. The van der Waals surface area contributed by atoms with Crippen molar-refractivity contribution in [1.82, 2.24) is 0 Å². The van der Waals surface area contributed by atoms with E-state index in [1.807, 2.05) is 30.3 Å². The number of nitrogens with zero attached hydrogens (tertiary/aromatic N) is 2. The molecular weight excluding hydrogens is 497 g/mol. The fraction of sp³-hybridized carbons (Fsp3) is 0.125. The number of anilines is 2. The summed E-state index contributed by atoms with van der Waals surface area (Å²) < 4.78 is 14.7. The van der Waals surface area contributed by atoms with Gasteiger partial charge < -0.3 is 10.2 Å². The number of benzodiazepines with no additional fused rings is 1.